The van der Waals surface area contributed by atoms with Gasteiger partial charge in [0.1, 0.15) is 0 Å². The van der Waals surface area contributed by atoms with E-state index in [2.05, 4.69) is 0 Å². The number of benzene rings is 1. The molecule has 1 aromatic carbocycles. The fraction of sp³-hybridized carbons (Fsp3) is 0.533. The highest BCUT2D eigenvalue weighted by molar-refractivity contribution is 6.32. The van der Waals surface area contributed by atoms with Crippen LogP contribution in [-0.4, -0.2) is 24.3 Å². The first-order valence-corrected chi connectivity index (χ1v) is 7.34. The second kappa shape index (κ2) is 5.52. The van der Waals surface area contributed by atoms with Gasteiger partial charge in [0.25, 0.3) is 0 Å². The van der Waals surface area contributed by atoms with E-state index in [9.17, 15) is 4.79 Å². The summed E-state index contributed by atoms with van der Waals surface area (Å²) < 4.78 is 11.3. The van der Waals surface area contributed by atoms with Crippen molar-refractivity contribution in [2.24, 2.45) is 5.92 Å². The third-order valence-corrected chi connectivity index (χ3v) is 4.12. The maximum atomic E-state index is 11.1. The topological polar surface area (TPSA) is 55.8 Å². The maximum absolute atomic E-state index is 11.1. The Morgan fingerprint density at radius 2 is 2.10 bits per heavy atom. The molecule has 0 saturated heterocycles. The van der Waals surface area contributed by atoms with Gasteiger partial charge < -0.3 is 14.6 Å². The summed E-state index contributed by atoms with van der Waals surface area (Å²) in [4.78, 5) is 11.1. The van der Waals surface area contributed by atoms with E-state index in [1.54, 1.807) is 0 Å². The molecule has 5 heteroatoms. The Balaban J connectivity index is 1.94. The average molecular weight is 297 g/mol. The van der Waals surface area contributed by atoms with Gasteiger partial charge in [0, 0.05) is 6.42 Å². The van der Waals surface area contributed by atoms with Gasteiger partial charge in [-0.15, -0.1) is 0 Å². The third-order valence-electron chi connectivity index (χ3n) is 3.84. The highest BCUT2D eigenvalue weighted by Crippen LogP contribution is 2.48. The van der Waals surface area contributed by atoms with Crippen molar-refractivity contribution < 1.29 is 19.4 Å². The van der Waals surface area contributed by atoms with Crippen LogP contribution in [0.1, 0.15) is 37.2 Å². The lowest BCUT2D eigenvalue weighted by atomic mass is 9.91. The van der Waals surface area contributed by atoms with E-state index >= 15 is 0 Å². The van der Waals surface area contributed by atoms with Crippen molar-refractivity contribution in [3.8, 4) is 11.5 Å². The summed E-state index contributed by atoms with van der Waals surface area (Å²) in [6.07, 6.45) is 3.14. The van der Waals surface area contributed by atoms with Crippen LogP contribution in [0.2, 0.25) is 5.02 Å². The number of carbonyl (C=O) groups is 1. The van der Waals surface area contributed by atoms with Crippen LogP contribution < -0.4 is 9.47 Å². The predicted octanol–water partition coefficient (Wildman–Crippen LogP) is 3.47. The molecule has 3 rings (SSSR count). The zero-order chi connectivity index (χ0) is 14.1. The normalized spacial score (nSPS) is 19.2. The molecule has 0 aromatic heterocycles. The summed E-state index contributed by atoms with van der Waals surface area (Å²) in [5, 5.41) is 9.60. The molecule has 4 nitrogen and oxygen atoms in total. The van der Waals surface area contributed by atoms with Crippen molar-refractivity contribution >= 4 is 17.6 Å². The number of ether oxygens (including phenoxy) is 2. The molecule has 1 N–H and O–H groups in total. The molecule has 1 unspecified atom stereocenters. The highest BCUT2D eigenvalue weighted by Gasteiger charge is 2.34. The number of hydrogen-bond donors (Lipinski definition) is 1. The van der Waals surface area contributed by atoms with Crippen LogP contribution in [0.3, 0.4) is 0 Å². The molecule has 1 atom stereocenters. The van der Waals surface area contributed by atoms with Crippen molar-refractivity contribution in [2.75, 3.05) is 13.2 Å². The second-order valence-electron chi connectivity index (χ2n) is 5.42. The number of hydrogen-bond acceptors (Lipinski definition) is 3. The van der Waals surface area contributed by atoms with Crippen LogP contribution in [0.15, 0.2) is 12.1 Å². The van der Waals surface area contributed by atoms with Crippen LogP contribution in [0.4, 0.5) is 0 Å². The Morgan fingerprint density at radius 3 is 2.80 bits per heavy atom. The van der Waals surface area contributed by atoms with Gasteiger partial charge in [0.2, 0.25) is 0 Å². The first-order valence-electron chi connectivity index (χ1n) is 6.96. The quantitative estimate of drug-likeness (QED) is 0.924. The number of halogens is 1. The first-order chi connectivity index (χ1) is 9.65. The van der Waals surface area contributed by atoms with Gasteiger partial charge in [-0.2, -0.15) is 0 Å². The number of carboxylic acids is 1. The van der Waals surface area contributed by atoms with Gasteiger partial charge >= 0.3 is 5.97 Å². The lowest BCUT2D eigenvalue weighted by Crippen LogP contribution is -2.09. The van der Waals surface area contributed by atoms with Crippen LogP contribution in [0.5, 0.6) is 11.5 Å². The Kier molecular flexibility index (Phi) is 3.74. The van der Waals surface area contributed by atoms with Gasteiger partial charge in [-0.1, -0.05) is 11.6 Å². The summed E-state index contributed by atoms with van der Waals surface area (Å²) in [7, 11) is 0. The smallest absolute Gasteiger partial charge is 0.303 e. The molecular formula is C15H17ClO4. The van der Waals surface area contributed by atoms with E-state index in [0.29, 0.717) is 35.7 Å². The third kappa shape index (κ3) is 2.85. The van der Waals surface area contributed by atoms with Crippen molar-refractivity contribution in [1.29, 1.82) is 0 Å². The largest absolute Gasteiger partial charge is 0.489 e. The second-order valence-corrected chi connectivity index (χ2v) is 5.83. The van der Waals surface area contributed by atoms with E-state index < -0.39 is 5.97 Å². The monoisotopic (exact) mass is 296 g/mol. The minimum absolute atomic E-state index is 0.0159. The van der Waals surface area contributed by atoms with Gasteiger partial charge in [-0.05, 0) is 42.4 Å². The lowest BCUT2D eigenvalue weighted by Gasteiger charge is -2.18. The highest BCUT2D eigenvalue weighted by atomic mass is 35.5. The van der Waals surface area contributed by atoms with E-state index in [4.69, 9.17) is 26.2 Å². The Bertz CT molecular complexity index is 525. The number of rotatable bonds is 4. The molecule has 0 bridgehead atoms. The SMILES string of the molecule is O=C(O)CC(c1cc(Cl)c2c(c1)OCCCO2)C1CC1. The zero-order valence-electron chi connectivity index (χ0n) is 11.1. The first kappa shape index (κ1) is 13.6. The van der Waals surface area contributed by atoms with Gasteiger partial charge in [0.15, 0.2) is 11.5 Å². The minimum Gasteiger partial charge on any atom is -0.489 e. The molecule has 1 heterocycles. The van der Waals surface area contributed by atoms with Crippen LogP contribution in [0.25, 0.3) is 0 Å². The standard InChI is InChI=1S/C15H17ClO4/c16-12-6-10(11(8-14(17)18)9-2-3-9)7-13-15(12)20-5-1-4-19-13/h6-7,9,11H,1-5,8H2,(H,17,18). The fourth-order valence-electron chi connectivity index (χ4n) is 2.71. The van der Waals surface area contributed by atoms with Gasteiger partial charge in [-0.25, -0.2) is 0 Å². The fourth-order valence-corrected chi connectivity index (χ4v) is 2.98. The van der Waals surface area contributed by atoms with Gasteiger partial charge in [-0.3, -0.25) is 4.79 Å². The van der Waals surface area contributed by atoms with Crippen LogP contribution in [0, 0.1) is 5.92 Å². The maximum Gasteiger partial charge on any atom is 0.303 e. The molecule has 2 aliphatic rings. The molecule has 1 aromatic rings. The van der Waals surface area contributed by atoms with Crippen molar-refractivity contribution in [3.63, 3.8) is 0 Å². The van der Waals surface area contributed by atoms with Crippen molar-refractivity contribution in [3.05, 3.63) is 22.7 Å². The molecule has 0 radical (unpaired) electrons. The minimum atomic E-state index is -0.773. The Morgan fingerprint density at radius 1 is 1.35 bits per heavy atom. The number of aliphatic carboxylic acids is 1. The van der Waals surface area contributed by atoms with E-state index in [1.165, 1.54) is 0 Å². The van der Waals surface area contributed by atoms with E-state index in [1.807, 2.05) is 12.1 Å². The van der Waals surface area contributed by atoms with E-state index in [0.717, 1.165) is 24.8 Å². The molecule has 1 saturated carbocycles. The summed E-state index contributed by atoms with van der Waals surface area (Å²) in [5.74, 6) is 0.915. The van der Waals surface area contributed by atoms with Gasteiger partial charge in [0.05, 0.1) is 24.7 Å². The zero-order valence-corrected chi connectivity index (χ0v) is 11.9. The van der Waals surface area contributed by atoms with Crippen molar-refractivity contribution in [2.45, 2.75) is 31.6 Å². The Hall–Kier alpha value is -1.42. The lowest BCUT2D eigenvalue weighted by molar-refractivity contribution is -0.137. The van der Waals surface area contributed by atoms with E-state index in [-0.39, 0.29) is 12.3 Å². The molecule has 1 aliphatic carbocycles. The predicted molar refractivity (Wildman–Crippen MR) is 74.8 cm³/mol. The van der Waals surface area contributed by atoms with Crippen molar-refractivity contribution in [1.82, 2.24) is 0 Å². The Labute approximate surface area is 122 Å². The average Bonchev–Trinajstić information content (AvgIpc) is 3.22. The van der Waals surface area contributed by atoms with Crippen LogP contribution >= 0.6 is 11.6 Å². The summed E-state index contributed by atoms with van der Waals surface area (Å²) >= 11 is 6.27. The van der Waals surface area contributed by atoms with Crippen LogP contribution in [-0.2, 0) is 4.79 Å². The number of carboxylic acid groups (broad SMARTS) is 1. The summed E-state index contributed by atoms with van der Waals surface area (Å²) in [5.41, 5.74) is 0.948. The molecule has 0 spiro atoms. The number of fused-ring (bicyclic) bond motifs is 1. The summed E-state index contributed by atoms with van der Waals surface area (Å²) in [6.45, 7) is 1.19. The molecule has 108 valence electrons. The molecule has 0 amide bonds. The molecule has 1 fully saturated rings. The molecule has 1 aliphatic heterocycles. The summed E-state index contributed by atoms with van der Waals surface area (Å²) in [6, 6.07) is 3.74. The molecule has 20 heavy (non-hydrogen) atoms. The molecular weight excluding hydrogens is 280 g/mol.